The van der Waals surface area contributed by atoms with E-state index in [1.807, 2.05) is 12.1 Å². The number of hydrogen-bond acceptors (Lipinski definition) is 6. The molecule has 3 heterocycles. The molecule has 5 aromatic carbocycles. The maximum Gasteiger partial charge on any atom is 0.135 e. The van der Waals surface area contributed by atoms with E-state index in [0.29, 0.717) is 64.9 Å². The lowest BCUT2D eigenvalue weighted by atomic mass is 9.56. The smallest absolute Gasteiger partial charge is 0.135 e. The summed E-state index contributed by atoms with van der Waals surface area (Å²) in [4.78, 5) is 0. The Morgan fingerprint density at radius 3 is 1.72 bits per heavy atom. The Labute approximate surface area is 338 Å². The van der Waals surface area contributed by atoms with Crippen molar-refractivity contribution in [3.8, 4) is 28.4 Å². The van der Waals surface area contributed by atoms with E-state index in [1.165, 1.54) is 96.6 Å². The lowest BCUT2D eigenvalue weighted by Crippen LogP contribution is -2.38. The van der Waals surface area contributed by atoms with E-state index in [2.05, 4.69) is 97.1 Å². The zero-order chi connectivity index (χ0) is 38.3. The molecule has 0 aromatic heterocycles. The fourth-order valence-corrected chi connectivity index (χ4v) is 10.2. The first-order chi connectivity index (χ1) is 28.2. The van der Waals surface area contributed by atoms with E-state index in [-0.39, 0.29) is 5.41 Å². The van der Waals surface area contributed by atoms with Crippen molar-refractivity contribution < 1.29 is 28.4 Å². The molecular formula is C51H56O6. The van der Waals surface area contributed by atoms with Crippen LogP contribution in [0.1, 0.15) is 85.6 Å². The fourth-order valence-electron chi connectivity index (χ4n) is 10.2. The van der Waals surface area contributed by atoms with Crippen LogP contribution in [0.2, 0.25) is 0 Å². The molecule has 2 spiro atoms. The second-order valence-electron chi connectivity index (χ2n) is 16.4. The Hall–Kier alpha value is -4.62. The molecule has 11 rings (SSSR count). The number of fused-ring (bicyclic) bond motifs is 9. The summed E-state index contributed by atoms with van der Waals surface area (Å²) in [5.41, 5.74) is 9.82. The second kappa shape index (κ2) is 17.5. The molecule has 6 nitrogen and oxygen atoms in total. The summed E-state index contributed by atoms with van der Waals surface area (Å²) in [5.74, 6) is 2.65. The van der Waals surface area contributed by atoms with Gasteiger partial charge in [-0.15, -0.1) is 0 Å². The summed E-state index contributed by atoms with van der Waals surface area (Å²) >= 11 is 0. The zero-order valence-corrected chi connectivity index (χ0v) is 33.3. The Morgan fingerprint density at radius 1 is 0.474 bits per heavy atom. The fraction of sp³-hybridized carbons (Fsp3) is 0.412. The first-order valence-electron chi connectivity index (χ1n) is 21.4. The monoisotopic (exact) mass is 764 g/mol. The molecule has 0 atom stereocenters. The van der Waals surface area contributed by atoms with E-state index in [0.717, 1.165) is 34.6 Å². The number of rotatable bonds is 0. The van der Waals surface area contributed by atoms with Gasteiger partial charge in [-0.1, -0.05) is 104 Å². The molecule has 3 aliphatic heterocycles. The summed E-state index contributed by atoms with van der Waals surface area (Å²) in [6.07, 6.45) is 17.4. The van der Waals surface area contributed by atoms with Crippen LogP contribution in [-0.2, 0) is 32.7 Å². The van der Waals surface area contributed by atoms with Gasteiger partial charge in [0.15, 0.2) is 0 Å². The molecule has 3 aliphatic carbocycles. The third-order valence-corrected chi connectivity index (χ3v) is 13.1. The van der Waals surface area contributed by atoms with Gasteiger partial charge in [-0.25, -0.2) is 0 Å². The van der Waals surface area contributed by atoms with Crippen molar-refractivity contribution in [1.29, 1.82) is 0 Å². The van der Waals surface area contributed by atoms with Crippen molar-refractivity contribution in [2.45, 2.75) is 76.2 Å². The molecule has 6 heteroatoms. The molecule has 0 unspecified atom stereocenters. The van der Waals surface area contributed by atoms with Crippen LogP contribution >= 0.6 is 0 Å². The molecule has 0 saturated heterocycles. The van der Waals surface area contributed by atoms with E-state index < -0.39 is 0 Å². The molecule has 0 radical (unpaired) electrons. The standard InChI is InChI=1S/C51H56O6/c1-6-23-50(24-7-1)25-27-51(28-26-50)46-14-5-4-12-44(46)47-42-10-2-3-11-43(42)49-45(48(47)51)13-8-9-38-15-19-40(20-16-38)55-35-33-53-31-29-52-30-32-54-34-36-56-41-21-17-39(18-22-41)37-57-49/h2-5,8,10-22H,1,6-7,9,23-37H2. The molecule has 0 N–H and O–H groups in total. The van der Waals surface area contributed by atoms with Crippen LogP contribution in [0.15, 0.2) is 103 Å². The topological polar surface area (TPSA) is 55.4 Å². The van der Waals surface area contributed by atoms with Crippen molar-refractivity contribution in [1.82, 2.24) is 0 Å². The van der Waals surface area contributed by atoms with Gasteiger partial charge in [0.1, 0.15) is 37.1 Å². The van der Waals surface area contributed by atoms with Gasteiger partial charge in [0, 0.05) is 16.4 Å². The Morgan fingerprint density at radius 2 is 1.05 bits per heavy atom. The van der Waals surface area contributed by atoms with Gasteiger partial charge in [0.2, 0.25) is 0 Å². The largest absolute Gasteiger partial charge is 0.491 e. The maximum absolute atomic E-state index is 7.10. The van der Waals surface area contributed by atoms with Crippen LogP contribution in [0.5, 0.6) is 17.2 Å². The van der Waals surface area contributed by atoms with Crippen LogP contribution in [0.4, 0.5) is 0 Å². The van der Waals surface area contributed by atoms with E-state index in [4.69, 9.17) is 28.4 Å². The van der Waals surface area contributed by atoms with Gasteiger partial charge < -0.3 is 28.4 Å². The SMILES string of the molecule is C1=Cc2c3c(c4ccccc4c2OCc2ccc(cc2)OCCOCCOCCOCCOc2ccc(cc2)C1)-c1ccccc1C31CCC2(CCCCC2)CC1. The predicted molar refractivity (Wildman–Crippen MR) is 228 cm³/mol. The summed E-state index contributed by atoms with van der Waals surface area (Å²) in [5, 5.41) is 2.45. The minimum Gasteiger partial charge on any atom is -0.491 e. The van der Waals surface area contributed by atoms with Gasteiger partial charge in [-0.3, -0.25) is 0 Å². The second-order valence-corrected chi connectivity index (χ2v) is 16.4. The molecule has 2 saturated carbocycles. The van der Waals surface area contributed by atoms with Crippen molar-refractivity contribution in [2.24, 2.45) is 5.41 Å². The summed E-state index contributed by atoms with van der Waals surface area (Å²) < 4.78 is 36.1. The number of allylic oxidation sites excluding steroid dienone is 1. The van der Waals surface area contributed by atoms with E-state index >= 15 is 0 Å². The Balaban J connectivity index is 1.10. The number of hydrogen-bond donors (Lipinski definition) is 0. The highest BCUT2D eigenvalue weighted by molar-refractivity contribution is 6.08. The summed E-state index contributed by atoms with van der Waals surface area (Å²) in [7, 11) is 0. The third kappa shape index (κ3) is 8.10. The quantitative estimate of drug-likeness (QED) is 0.157. The highest BCUT2D eigenvalue weighted by Crippen LogP contribution is 2.64. The van der Waals surface area contributed by atoms with Gasteiger partial charge in [0.05, 0.1) is 39.6 Å². The van der Waals surface area contributed by atoms with E-state index in [9.17, 15) is 0 Å². The van der Waals surface area contributed by atoms with Gasteiger partial charge in [-0.05, 0) is 113 Å². The summed E-state index contributed by atoms with van der Waals surface area (Å²) in [6.45, 7) is 4.52. The molecule has 296 valence electrons. The van der Waals surface area contributed by atoms with Crippen LogP contribution in [0.25, 0.3) is 28.0 Å². The molecule has 4 bridgehead atoms. The Kier molecular flexibility index (Phi) is 11.6. The third-order valence-electron chi connectivity index (χ3n) is 13.1. The van der Waals surface area contributed by atoms with Gasteiger partial charge in [0.25, 0.3) is 0 Å². The lowest BCUT2D eigenvalue weighted by molar-refractivity contribution is 0.00499. The molecule has 6 aliphatic rings. The van der Waals surface area contributed by atoms with Gasteiger partial charge in [-0.2, -0.15) is 0 Å². The van der Waals surface area contributed by atoms with Crippen molar-refractivity contribution in [3.63, 3.8) is 0 Å². The molecular weight excluding hydrogens is 709 g/mol. The van der Waals surface area contributed by atoms with Crippen LogP contribution in [0, 0.1) is 5.41 Å². The van der Waals surface area contributed by atoms with Crippen LogP contribution < -0.4 is 14.2 Å². The maximum atomic E-state index is 7.10. The Bertz CT molecular complexity index is 2140. The van der Waals surface area contributed by atoms with Crippen molar-refractivity contribution in [2.75, 3.05) is 52.9 Å². The van der Waals surface area contributed by atoms with Crippen LogP contribution in [0.3, 0.4) is 0 Å². The van der Waals surface area contributed by atoms with E-state index in [1.54, 1.807) is 0 Å². The molecule has 57 heavy (non-hydrogen) atoms. The van der Waals surface area contributed by atoms with Crippen molar-refractivity contribution in [3.05, 3.63) is 131 Å². The number of benzene rings is 5. The van der Waals surface area contributed by atoms with Gasteiger partial charge >= 0.3 is 0 Å². The highest BCUT2D eigenvalue weighted by Gasteiger charge is 2.51. The lowest BCUT2D eigenvalue weighted by Gasteiger charge is -2.48. The predicted octanol–water partition coefficient (Wildman–Crippen LogP) is 11.3. The average molecular weight is 765 g/mol. The first kappa shape index (κ1) is 37.9. The zero-order valence-electron chi connectivity index (χ0n) is 33.3. The summed E-state index contributed by atoms with van der Waals surface area (Å²) in [6, 6.07) is 35.0. The number of ether oxygens (including phenoxy) is 6. The minimum atomic E-state index is -0.0481. The molecule has 0 amide bonds. The minimum absolute atomic E-state index is 0.0481. The van der Waals surface area contributed by atoms with Crippen LogP contribution in [-0.4, -0.2) is 52.9 Å². The molecule has 5 aromatic rings. The average Bonchev–Trinajstić information content (AvgIpc) is 3.54. The normalized spacial score (nSPS) is 20.1. The highest BCUT2D eigenvalue weighted by atomic mass is 16.6. The molecule has 2 fully saturated rings. The van der Waals surface area contributed by atoms with Crippen molar-refractivity contribution >= 4 is 16.8 Å². The first-order valence-corrected chi connectivity index (χ1v) is 21.4.